The molecule has 0 bridgehead atoms. The van der Waals surface area contributed by atoms with Gasteiger partial charge < -0.3 is 39.0 Å². The molecular weight excluding hydrogens is 901 g/mol. The zero-order valence-corrected chi connectivity index (χ0v) is 44.7. The summed E-state index contributed by atoms with van der Waals surface area (Å²) < 4.78 is 28.3. The number of carboxylic acid groups (broad SMARTS) is 1. The van der Waals surface area contributed by atoms with E-state index in [0.29, 0.717) is 19.3 Å². The average Bonchev–Trinajstić information content (AvgIpc) is 3.35. The van der Waals surface area contributed by atoms with Crippen molar-refractivity contribution in [3.63, 3.8) is 0 Å². The fourth-order valence-electron chi connectivity index (χ4n) is 8.28. The molecule has 0 saturated carbocycles. The molecule has 1 aliphatic rings. The first kappa shape index (κ1) is 65.4. The Morgan fingerprint density at radius 1 is 0.479 bits per heavy atom. The van der Waals surface area contributed by atoms with Gasteiger partial charge in [-0.3, -0.25) is 14.4 Å². The lowest BCUT2D eigenvalue weighted by atomic mass is 9.98. The van der Waals surface area contributed by atoms with Crippen molar-refractivity contribution in [2.75, 3.05) is 13.2 Å². The summed E-state index contributed by atoms with van der Waals surface area (Å²) in [5, 5.41) is 31.3. The van der Waals surface area contributed by atoms with Crippen LogP contribution in [0.15, 0.2) is 60.8 Å². The maximum Gasteiger partial charge on any atom is 0.335 e. The van der Waals surface area contributed by atoms with E-state index in [1.54, 1.807) is 0 Å². The number of hydrogen-bond acceptors (Lipinski definition) is 11. The third-order valence-corrected chi connectivity index (χ3v) is 12.6. The molecule has 1 fully saturated rings. The van der Waals surface area contributed by atoms with Crippen molar-refractivity contribution < 1.29 is 58.2 Å². The van der Waals surface area contributed by atoms with Crippen molar-refractivity contribution in [1.82, 2.24) is 0 Å². The number of esters is 3. The highest BCUT2D eigenvalue weighted by atomic mass is 16.7. The molecule has 1 aliphatic heterocycles. The van der Waals surface area contributed by atoms with Gasteiger partial charge in [-0.1, -0.05) is 216 Å². The van der Waals surface area contributed by atoms with E-state index in [2.05, 4.69) is 81.5 Å². The zero-order chi connectivity index (χ0) is 51.8. The van der Waals surface area contributed by atoms with E-state index in [4.69, 9.17) is 23.7 Å². The standard InChI is InChI=1S/C59H100O12/c1-4-7-10-13-16-19-21-23-24-25-26-27-28-30-31-34-36-39-42-45-51(60)67-48-50(69-52(61)46-43-40-38-35-32-29-22-20-17-14-11-8-5-2)49-68-59-57(55(64)54(63)56(71-59)58(65)66)70-53(62)47-44-41-37-33-18-15-12-9-6-3/h7,10,16,19,23-24,26-27,30-31,50,54-57,59,63-64H,4-6,8-9,11-15,17-18,20-22,25,28-29,32-49H2,1-3H3,(H,65,66)/b10-7-,19-16-,24-23-,27-26-,31-30-. The highest BCUT2D eigenvalue weighted by Gasteiger charge is 2.50. The second-order valence-corrected chi connectivity index (χ2v) is 19.2. The number of aliphatic hydroxyl groups excluding tert-OH is 2. The summed E-state index contributed by atoms with van der Waals surface area (Å²) >= 11 is 0. The number of aliphatic hydroxyl groups is 2. The highest BCUT2D eigenvalue weighted by Crippen LogP contribution is 2.26. The lowest BCUT2D eigenvalue weighted by Crippen LogP contribution is -2.61. The summed E-state index contributed by atoms with van der Waals surface area (Å²) in [6.45, 7) is 5.81. The third kappa shape index (κ3) is 37.8. The van der Waals surface area contributed by atoms with Crippen LogP contribution < -0.4 is 0 Å². The smallest absolute Gasteiger partial charge is 0.335 e. The highest BCUT2D eigenvalue weighted by molar-refractivity contribution is 5.74. The van der Waals surface area contributed by atoms with Crippen molar-refractivity contribution in [2.45, 2.75) is 276 Å². The Bertz CT molecular complexity index is 1470. The molecule has 1 saturated heterocycles. The van der Waals surface area contributed by atoms with Gasteiger partial charge in [-0.15, -0.1) is 0 Å². The van der Waals surface area contributed by atoms with E-state index in [9.17, 15) is 34.5 Å². The molecule has 3 N–H and O–H groups in total. The molecule has 71 heavy (non-hydrogen) atoms. The maximum absolute atomic E-state index is 13.1. The number of hydrogen-bond donors (Lipinski definition) is 3. The minimum absolute atomic E-state index is 0.0585. The molecular formula is C59H100O12. The number of carbonyl (C=O) groups is 4. The van der Waals surface area contributed by atoms with Gasteiger partial charge in [0, 0.05) is 19.3 Å². The fourth-order valence-corrected chi connectivity index (χ4v) is 8.28. The van der Waals surface area contributed by atoms with Gasteiger partial charge in [0.25, 0.3) is 0 Å². The van der Waals surface area contributed by atoms with Crippen molar-refractivity contribution in [3.8, 4) is 0 Å². The molecule has 408 valence electrons. The van der Waals surface area contributed by atoms with E-state index < -0.39 is 67.3 Å². The minimum atomic E-state index is -1.90. The van der Waals surface area contributed by atoms with Gasteiger partial charge in [0.15, 0.2) is 24.6 Å². The van der Waals surface area contributed by atoms with Gasteiger partial charge in [0.2, 0.25) is 0 Å². The number of carbonyl (C=O) groups excluding carboxylic acids is 3. The summed E-state index contributed by atoms with van der Waals surface area (Å²) in [6.07, 6.45) is 45.0. The Morgan fingerprint density at radius 2 is 0.887 bits per heavy atom. The van der Waals surface area contributed by atoms with E-state index in [0.717, 1.165) is 96.3 Å². The van der Waals surface area contributed by atoms with E-state index in [1.807, 2.05) is 0 Å². The van der Waals surface area contributed by atoms with Gasteiger partial charge in [-0.2, -0.15) is 0 Å². The number of carboxylic acids is 1. The first-order valence-electron chi connectivity index (χ1n) is 28.3. The van der Waals surface area contributed by atoms with Crippen LogP contribution in [0.4, 0.5) is 0 Å². The second-order valence-electron chi connectivity index (χ2n) is 19.2. The number of rotatable bonds is 47. The van der Waals surface area contributed by atoms with Crippen molar-refractivity contribution in [3.05, 3.63) is 60.8 Å². The molecule has 12 nitrogen and oxygen atoms in total. The molecule has 0 aromatic carbocycles. The number of ether oxygens (including phenoxy) is 5. The monoisotopic (exact) mass is 1000 g/mol. The van der Waals surface area contributed by atoms with Crippen LogP contribution in [0.5, 0.6) is 0 Å². The molecule has 0 spiro atoms. The number of unbranched alkanes of at least 4 members (excludes halogenated alkanes) is 23. The Labute approximate surface area is 430 Å². The second kappa shape index (κ2) is 47.4. The van der Waals surface area contributed by atoms with Gasteiger partial charge in [-0.25, -0.2) is 4.79 Å². The Hall–Kier alpha value is -3.58. The molecule has 6 atom stereocenters. The van der Waals surface area contributed by atoms with E-state index in [-0.39, 0.29) is 25.9 Å². The third-order valence-electron chi connectivity index (χ3n) is 12.6. The van der Waals surface area contributed by atoms with Crippen LogP contribution in [0.2, 0.25) is 0 Å². The summed E-state index contributed by atoms with van der Waals surface area (Å²) in [5.74, 6) is -3.15. The molecule has 1 rings (SSSR count). The van der Waals surface area contributed by atoms with Crippen molar-refractivity contribution in [1.29, 1.82) is 0 Å². The van der Waals surface area contributed by atoms with Crippen LogP contribution in [0.3, 0.4) is 0 Å². The summed E-state index contributed by atoms with van der Waals surface area (Å²) in [4.78, 5) is 50.9. The predicted octanol–water partition coefficient (Wildman–Crippen LogP) is 14.0. The number of allylic oxidation sites excluding steroid dienone is 10. The summed E-state index contributed by atoms with van der Waals surface area (Å²) in [7, 11) is 0. The topological polar surface area (TPSA) is 175 Å². The Kier molecular flexibility index (Phi) is 43.7. The Morgan fingerprint density at radius 3 is 1.35 bits per heavy atom. The van der Waals surface area contributed by atoms with Gasteiger partial charge in [0.05, 0.1) is 6.61 Å². The molecule has 1 heterocycles. The summed E-state index contributed by atoms with van der Waals surface area (Å²) in [6, 6.07) is 0. The zero-order valence-electron chi connectivity index (χ0n) is 44.7. The van der Waals surface area contributed by atoms with Crippen LogP contribution in [-0.2, 0) is 42.9 Å². The summed E-state index contributed by atoms with van der Waals surface area (Å²) in [5.41, 5.74) is 0. The molecule has 0 aromatic heterocycles. The van der Waals surface area contributed by atoms with Crippen LogP contribution in [0.25, 0.3) is 0 Å². The van der Waals surface area contributed by atoms with Crippen LogP contribution >= 0.6 is 0 Å². The normalized spacial score (nSPS) is 18.9. The van der Waals surface area contributed by atoms with Crippen LogP contribution in [0, 0.1) is 0 Å². The molecule has 0 radical (unpaired) electrons. The fraction of sp³-hybridized carbons (Fsp3) is 0.763. The molecule has 6 unspecified atom stereocenters. The molecule has 12 heteroatoms. The first-order valence-corrected chi connectivity index (χ1v) is 28.3. The maximum atomic E-state index is 13.1. The van der Waals surface area contributed by atoms with E-state index >= 15 is 0 Å². The predicted molar refractivity (Wildman–Crippen MR) is 285 cm³/mol. The van der Waals surface area contributed by atoms with Gasteiger partial charge in [-0.05, 0) is 64.2 Å². The minimum Gasteiger partial charge on any atom is -0.479 e. The van der Waals surface area contributed by atoms with E-state index in [1.165, 1.54) is 83.5 Å². The largest absolute Gasteiger partial charge is 0.479 e. The Balaban J connectivity index is 2.70. The van der Waals surface area contributed by atoms with Crippen molar-refractivity contribution in [2.24, 2.45) is 0 Å². The quantitative estimate of drug-likeness (QED) is 0.0228. The van der Waals surface area contributed by atoms with Crippen LogP contribution in [-0.4, -0.2) is 89.2 Å². The molecule has 0 aliphatic carbocycles. The lowest BCUT2D eigenvalue weighted by Gasteiger charge is -2.40. The first-order chi connectivity index (χ1) is 34.6. The van der Waals surface area contributed by atoms with Crippen molar-refractivity contribution >= 4 is 23.9 Å². The van der Waals surface area contributed by atoms with Crippen LogP contribution in [0.1, 0.15) is 239 Å². The van der Waals surface area contributed by atoms with Gasteiger partial charge in [0.1, 0.15) is 18.8 Å². The number of aliphatic carboxylic acids is 1. The SMILES string of the molecule is CC/C=C\C/C=C\C/C=C\C/C=C\C/C=C\CCCCCC(=O)OCC(COC1OC(C(=O)O)C(O)C(O)C1OC(=O)CCCCCCCCCCC)OC(=O)CCCCCCCCCCCCCCC. The lowest BCUT2D eigenvalue weighted by molar-refractivity contribution is -0.301. The van der Waals surface area contributed by atoms with Gasteiger partial charge >= 0.3 is 23.9 Å². The average molecular weight is 1000 g/mol. The molecule has 0 amide bonds. The molecule has 0 aromatic rings.